The summed E-state index contributed by atoms with van der Waals surface area (Å²) in [6.07, 6.45) is -0.167. The van der Waals surface area contributed by atoms with E-state index in [2.05, 4.69) is 0 Å². The Bertz CT molecular complexity index is 13.5. The van der Waals surface area contributed by atoms with E-state index in [0.29, 0.717) is 0 Å². The molecule has 0 bridgehead atoms. The van der Waals surface area contributed by atoms with E-state index in [4.69, 9.17) is 5.11 Å². The van der Waals surface area contributed by atoms with Gasteiger partial charge >= 0.3 is 0 Å². The van der Waals surface area contributed by atoms with Crippen molar-refractivity contribution in [3.63, 3.8) is 0 Å². The molecule has 0 fully saturated rings. The van der Waals surface area contributed by atoms with Gasteiger partial charge in [-0.05, 0) is 13.8 Å². The normalized spacial score (nSPS) is 6.00. The third-order valence-electron chi connectivity index (χ3n) is 0. The zero-order chi connectivity index (χ0) is 3.58. The van der Waals surface area contributed by atoms with Gasteiger partial charge in [-0.25, -0.2) is 0 Å². The summed E-state index contributed by atoms with van der Waals surface area (Å²) in [5.41, 5.74) is 0. The minimum atomic E-state index is -0.167. The Morgan fingerprint density at radius 3 is 1.17 bits per heavy atom. The second-order valence-electron chi connectivity index (χ2n) is 1.09. The maximum Gasteiger partial charge on any atom is 0.0483 e. The topological polar surface area (TPSA) is 20.2 Å². The van der Waals surface area contributed by atoms with Crippen molar-refractivity contribution in [1.82, 2.24) is 0 Å². The van der Waals surface area contributed by atoms with Gasteiger partial charge in [0.1, 0.15) is 0 Å². The first kappa shape index (κ1) is 15.8. The first-order valence-electron chi connectivity index (χ1n) is 1.41. The van der Waals surface area contributed by atoms with Gasteiger partial charge < -0.3 is 5.11 Å². The minimum Gasteiger partial charge on any atom is -0.394 e. The first-order valence-corrected chi connectivity index (χ1v) is 1.41. The third-order valence-corrected chi connectivity index (χ3v) is 0. The van der Waals surface area contributed by atoms with Crippen molar-refractivity contribution in [2.24, 2.45) is 0 Å². The molecule has 0 spiro atoms. The Labute approximate surface area is 98.5 Å². The Hall–Kier alpha value is 2.48. The molecule has 1 nitrogen and oxygen atoms in total. The molecule has 1 N–H and O–H groups in total. The molecule has 2 radical (unpaired) electrons. The Balaban J connectivity index is -0.0000000450. The van der Waals surface area contributed by atoms with Crippen LogP contribution in [0.2, 0.25) is 0 Å². The average Bonchev–Trinajstić information content (AvgIpc) is 0.811. The average molecular weight is 390 g/mol. The second kappa shape index (κ2) is 10.5. The summed E-state index contributed by atoms with van der Waals surface area (Å²) in [4.78, 5) is 0. The molecule has 0 rings (SSSR count). The van der Waals surface area contributed by atoms with Crippen LogP contribution in [0.25, 0.3) is 0 Å². The molecule has 0 aromatic carbocycles. The molecule has 3 heteroatoms. The van der Waals surface area contributed by atoms with Crippen LogP contribution in [-0.4, -0.2) is 11.2 Å². The molecule has 0 aliphatic rings. The van der Waals surface area contributed by atoms with E-state index >= 15 is 0 Å². The maximum absolute atomic E-state index is 8.06. The van der Waals surface area contributed by atoms with Crippen molar-refractivity contribution in [2.45, 2.75) is 20.0 Å². The van der Waals surface area contributed by atoms with Crippen molar-refractivity contribution < 1.29 is 80.6 Å². The van der Waals surface area contributed by atoms with Crippen LogP contribution in [0.5, 0.6) is 0 Å². The van der Waals surface area contributed by atoms with Crippen LogP contribution in [0.4, 0.5) is 0 Å². The van der Waals surface area contributed by atoms with Gasteiger partial charge in [-0.15, -0.1) is 0 Å². The van der Waals surface area contributed by atoms with E-state index < -0.39 is 0 Å². The molecule has 0 amide bonds. The molecular weight excluding hydrogens is 382 g/mol. The van der Waals surface area contributed by atoms with Crippen molar-refractivity contribution >= 4 is 0 Å². The van der Waals surface area contributed by atoms with E-state index in [0.717, 1.165) is 0 Å². The fourth-order valence-electron chi connectivity index (χ4n) is 0. The zero-order valence-electron chi connectivity index (χ0n) is 3.63. The Morgan fingerprint density at radius 1 is 1.17 bits per heavy atom. The van der Waals surface area contributed by atoms with Crippen LogP contribution in [0.3, 0.4) is 0 Å². The molecule has 0 aliphatic carbocycles. The van der Waals surface area contributed by atoms with Crippen molar-refractivity contribution in [3.8, 4) is 0 Å². The molecule has 0 aromatic heterocycles. The van der Waals surface area contributed by atoms with Crippen LogP contribution in [-0.2, 0) is 0 Å². The standard InChI is InChI=1S/C3H8O.2Ho/c1-3(2)4;;/h3-4H,1-2H3;;. The van der Waals surface area contributed by atoms with E-state index in [1.165, 1.54) is 0 Å². The maximum atomic E-state index is 8.06. The summed E-state index contributed by atoms with van der Waals surface area (Å²) < 4.78 is 0. The summed E-state index contributed by atoms with van der Waals surface area (Å²) in [6, 6.07) is 0. The van der Waals surface area contributed by atoms with E-state index in [1.54, 1.807) is 13.8 Å². The van der Waals surface area contributed by atoms with Gasteiger partial charge in [-0.1, -0.05) is 0 Å². The van der Waals surface area contributed by atoms with Crippen LogP contribution >= 0.6 is 0 Å². The Kier molecular flexibility index (Phi) is 27.5. The molecule has 0 saturated heterocycles. The summed E-state index contributed by atoms with van der Waals surface area (Å²) in [7, 11) is 0. The van der Waals surface area contributed by atoms with Gasteiger partial charge in [-0.2, -0.15) is 0 Å². The number of rotatable bonds is 0. The fourth-order valence-corrected chi connectivity index (χ4v) is 0. The SMILES string of the molecule is CC(C)O.[Ho].[Ho]. The summed E-state index contributed by atoms with van der Waals surface area (Å²) in [5, 5.41) is 8.06. The second-order valence-corrected chi connectivity index (χ2v) is 1.09. The number of hydrogen-bond donors (Lipinski definition) is 1. The predicted octanol–water partition coefficient (Wildman–Crippen LogP) is 0.387. The number of aliphatic hydroxyl groups is 1. The molecule has 48 valence electrons. The number of aliphatic hydroxyl groups excluding tert-OH is 1. The predicted molar refractivity (Wildman–Crippen MR) is 17.4 cm³/mol. The van der Waals surface area contributed by atoms with Gasteiger partial charge in [0.15, 0.2) is 0 Å². The summed E-state index contributed by atoms with van der Waals surface area (Å²) >= 11 is 0. The number of hydrogen-bond acceptors (Lipinski definition) is 1. The van der Waals surface area contributed by atoms with Crippen molar-refractivity contribution in [3.05, 3.63) is 0 Å². The molecule has 6 heavy (non-hydrogen) atoms. The largest absolute Gasteiger partial charge is 0.394 e. The Morgan fingerprint density at radius 2 is 1.17 bits per heavy atom. The van der Waals surface area contributed by atoms with E-state index in [9.17, 15) is 0 Å². The van der Waals surface area contributed by atoms with Crippen LogP contribution in [0.15, 0.2) is 0 Å². The molecule has 0 saturated carbocycles. The van der Waals surface area contributed by atoms with Gasteiger partial charge in [0.25, 0.3) is 0 Å². The first-order chi connectivity index (χ1) is 1.73. The van der Waals surface area contributed by atoms with Gasteiger partial charge in [0, 0.05) is 81.6 Å². The molecule has 0 unspecified atom stereocenters. The van der Waals surface area contributed by atoms with Crippen LogP contribution < -0.4 is 0 Å². The van der Waals surface area contributed by atoms with Crippen LogP contribution in [0.1, 0.15) is 13.8 Å². The van der Waals surface area contributed by atoms with E-state index in [-0.39, 0.29) is 81.6 Å². The molecule has 0 atom stereocenters. The van der Waals surface area contributed by atoms with Crippen molar-refractivity contribution in [1.29, 1.82) is 0 Å². The molecule has 0 heterocycles. The monoisotopic (exact) mass is 390 g/mol. The van der Waals surface area contributed by atoms with E-state index in [1.807, 2.05) is 0 Å². The van der Waals surface area contributed by atoms with Gasteiger partial charge in [0.05, 0.1) is 0 Å². The summed E-state index contributed by atoms with van der Waals surface area (Å²) in [5.74, 6) is 0. The molecule has 0 aliphatic heterocycles. The third kappa shape index (κ3) is 31.6. The van der Waals surface area contributed by atoms with Gasteiger partial charge in [-0.3, -0.25) is 0 Å². The molecular formula is C3H8Ho2O. The quantitative estimate of drug-likeness (QED) is 0.594. The van der Waals surface area contributed by atoms with Gasteiger partial charge in [0.2, 0.25) is 0 Å². The summed E-state index contributed by atoms with van der Waals surface area (Å²) in [6.45, 7) is 3.44. The van der Waals surface area contributed by atoms with Crippen molar-refractivity contribution in [2.75, 3.05) is 0 Å². The van der Waals surface area contributed by atoms with Crippen LogP contribution in [0, 0.1) is 75.5 Å². The fraction of sp³-hybridized carbons (Fsp3) is 1.00. The smallest absolute Gasteiger partial charge is 0.0483 e. The minimum absolute atomic E-state index is 0. The zero-order valence-corrected chi connectivity index (χ0v) is 7.50. The molecule has 0 aromatic rings.